The minimum atomic E-state index is -0.175. The molecule has 2 amide bonds. The van der Waals surface area contributed by atoms with Gasteiger partial charge >= 0.3 is 0 Å². The molecule has 4 heteroatoms. The van der Waals surface area contributed by atoms with E-state index in [-0.39, 0.29) is 18.4 Å². The van der Waals surface area contributed by atoms with Crippen LogP contribution in [0.1, 0.15) is 35.7 Å². The second kappa shape index (κ2) is 5.64. The molecule has 0 saturated heterocycles. The molecule has 0 bridgehead atoms. The van der Waals surface area contributed by atoms with Crippen molar-refractivity contribution in [1.82, 2.24) is 0 Å². The summed E-state index contributed by atoms with van der Waals surface area (Å²) in [6.45, 7) is 4.27. The van der Waals surface area contributed by atoms with Crippen molar-refractivity contribution in [3.63, 3.8) is 0 Å². The largest absolute Gasteiger partial charge is 0.323 e. The van der Waals surface area contributed by atoms with Crippen LogP contribution in [0.25, 0.3) is 0 Å². The van der Waals surface area contributed by atoms with E-state index in [0.29, 0.717) is 17.2 Å². The number of benzene rings is 2. The lowest BCUT2D eigenvalue weighted by Gasteiger charge is -2.29. The van der Waals surface area contributed by atoms with Crippen LogP contribution in [0.3, 0.4) is 0 Å². The third-order valence-corrected chi connectivity index (χ3v) is 3.84. The van der Waals surface area contributed by atoms with Gasteiger partial charge in [0.25, 0.3) is 5.91 Å². The van der Waals surface area contributed by atoms with Crippen molar-refractivity contribution in [1.29, 1.82) is 0 Å². The third-order valence-electron chi connectivity index (χ3n) is 3.84. The molecule has 1 N–H and O–H groups in total. The van der Waals surface area contributed by atoms with Crippen LogP contribution in [0.4, 0.5) is 11.4 Å². The lowest BCUT2D eigenvalue weighted by atomic mass is 10.0. The Morgan fingerprint density at radius 2 is 1.77 bits per heavy atom. The third kappa shape index (κ3) is 2.60. The molecule has 0 fully saturated rings. The molecule has 22 heavy (non-hydrogen) atoms. The van der Waals surface area contributed by atoms with Gasteiger partial charge in [-0.25, -0.2) is 0 Å². The van der Waals surface area contributed by atoms with E-state index in [4.69, 9.17) is 0 Å². The fraction of sp³-hybridized carbons (Fsp3) is 0.222. The van der Waals surface area contributed by atoms with Crippen molar-refractivity contribution >= 4 is 23.2 Å². The Labute approximate surface area is 129 Å². The first-order chi connectivity index (χ1) is 10.6. The summed E-state index contributed by atoms with van der Waals surface area (Å²) >= 11 is 0. The Morgan fingerprint density at radius 3 is 2.45 bits per heavy atom. The average Bonchev–Trinajstić information content (AvgIpc) is 2.53. The van der Waals surface area contributed by atoms with E-state index < -0.39 is 0 Å². The number of carbonyl (C=O) groups is 2. The molecule has 0 aliphatic carbocycles. The van der Waals surface area contributed by atoms with Crippen molar-refractivity contribution in [3.05, 3.63) is 59.7 Å². The SMILES string of the molecule is CC(C)c1ccc(C(=O)N2CC(=O)Nc3ccccc32)cc1. The second-order valence-electron chi connectivity index (χ2n) is 5.73. The van der Waals surface area contributed by atoms with Crippen LogP contribution in [0.2, 0.25) is 0 Å². The van der Waals surface area contributed by atoms with E-state index in [1.165, 1.54) is 10.5 Å². The molecule has 0 spiro atoms. The molecule has 2 aromatic rings. The molecule has 4 nitrogen and oxygen atoms in total. The minimum Gasteiger partial charge on any atom is -0.323 e. The van der Waals surface area contributed by atoms with Crippen molar-refractivity contribution < 1.29 is 9.59 Å². The van der Waals surface area contributed by atoms with Crippen LogP contribution in [0, 0.1) is 0 Å². The Balaban J connectivity index is 1.93. The van der Waals surface area contributed by atoms with Crippen LogP contribution < -0.4 is 10.2 Å². The molecule has 112 valence electrons. The normalized spacial score (nSPS) is 13.8. The van der Waals surface area contributed by atoms with Gasteiger partial charge in [0.15, 0.2) is 0 Å². The summed E-state index contributed by atoms with van der Waals surface area (Å²) in [7, 11) is 0. The van der Waals surface area contributed by atoms with E-state index in [0.717, 1.165) is 5.69 Å². The molecule has 0 aromatic heterocycles. The molecule has 2 aromatic carbocycles. The number of nitrogens with zero attached hydrogens (tertiary/aromatic N) is 1. The zero-order chi connectivity index (χ0) is 15.7. The van der Waals surface area contributed by atoms with E-state index in [9.17, 15) is 9.59 Å². The van der Waals surface area contributed by atoms with Gasteiger partial charge in [0.2, 0.25) is 5.91 Å². The molecule has 0 saturated carbocycles. The quantitative estimate of drug-likeness (QED) is 0.922. The maximum atomic E-state index is 12.7. The van der Waals surface area contributed by atoms with Gasteiger partial charge in [-0.1, -0.05) is 38.1 Å². The second-order valence-corrected chi connectivity index (χ2v) is 5.73. The lowest BCUT2D eigenvalue weighted by Crippen LogP contribution is -2.42. The zero-order valence-corrected chi connectivity index (χ0v) is 12.7. The Hall–Kier alpha value is -2.62. The summed E-state index contributed by atoms with van der Waals surface area (Å²) in [5.41, 5.74) is 3.19. The standard InChI is InChI=1S/C18H18N2O2/c1-12(2)13-7-9-14(10-8-13)18(22)20-11-17(21)19-15-5-3-4-6-16(15)20/h3-10,12H,11H2,1-2H3,(H,19,21). The first-order valence-corrected chi connectivity index (χ1v) is 7.37. The number of para-hydroxylation sites is 2. The fourth-order valence-electron chi connectivity index (χ4n) is 2.58. The Morgan fingerprint density at radius 1 is 1.09 bits per heavy atom. The van der Waals surface area contributed by atoms with Crippen LogP contribution in [0.5, 0.6) is 0 Å². The van der Waals surface area contributed by atoms with Gasteiger partial charge in [0.1, 0.15) is 6.54 Å². The van der Waals surface area contributed by atoms with E-state index in [1.807, 2.05) is 42.5 Å². The topological polar surface area (TPSA) is 49.4 Å². The van der Waals surface area contributed by atoms with Gasteiger partial charge in [-0.15, -0.1) is 0 Å². The number of nitrogens with one attached hydrogen (secondary N) is 1. The number of rotatable bonds is 2. The molecular formula is C18H18N2O2. The molecule has 3 rings (SSSR count). The summed E-state index contributed by atoms with van der Waals surface area (Å²) in [6.07, 6.45) is 0. The molecular weight excluding hydrogens is 276 g/mol. The Kier molecular flexibility index (Phi) is 3.67. The predicted octanol–water partition coefficient (Wildman–Crippen LogP) is 3.41. The summed E-state index contributed by atoms with van der Waals surface area (Å²) in [4.78, 5) is 26.1. The van der Waals surface area contributed by atoms with Crippen LogP contribution >= 0.6 is 0 Å². The monoisotopic (exact) mass is 294 g/mol. The molecule has 1 aliphatic heterocycles. The highest BCUT2D eigenvalue weighted by Gasteiger charge is 2.27. The number of anilines is 2. The molecule has 0 atom stereocenters. The van der Waals surface area contributed by atoms with Gasteiger partial charge < -0.3 is 5.32 Å². The Bertz CT molecular complexity index is 720. The van der Waals surface area contributed by atoms with Crippen LogP contribution in [-0.2, 0) is 4.79 Å². The van der Waals surface area contributed by atoms with E-state index in [2.05, 4.69) is 19.2 Å². The summed E-state index contributed by atoms with van der Waals surface area (Å²) in [6, 6.07) is 14.9. The number of hydrogen-bond acceptors (Lipinski definition) is 2. The molecule has 0 unspecified atom stereocenters. The van der Waals surface area contributed by atoms with Crippen molar-refractivity contribution in [2.75, 3.05) is 16.8 Å². The maximum absolute atomic E-state index is 12.7. The highest BCUT2D eigenvalue weighted by Crippen LogP contribution is 2.30. The van der Waals surface area contributed by atoms with E-state index in [1.54, 1.807) is 6.07 Å². The predicted molar refractivity (Wildman–Crippen MR) is 87.3 cm³/mol. The van der Waals surface area contributed by atoms with Crippen molar-refractivity contribution in [2.45, 2.75) is 19.8 Å². The number of fused-ring (bicyclic) bond motifs is 1. The molecule has 1 heterocycles. The summed E-state index contributed by atoms with van der Waals surface area (Å²) < 4.78 is 0. The first kappa shape index (κ1) is 14.3. The first-order valence-electron chi connectivity index (χ1n) is 7.37. The van der Waals surface area contributed by atoms with Gasteiger partial charge in [-0.2, -0.15) is 0 Å². The van der Waals surface area contributed by atoms with Gasteiger partial charge in [-0.05, 0) is 35.7 Å². The minimum absolute atomic E-state index is 0.0434. The van der Waals surface area contributed by atoms with Gasteiger partial charge in [0.05, 0.1) is 11.4 Å². The lowest BCUT2D eigenvalue weighted by molar-refractivity contribution is -0.115. The van der Waals surface area contributed by atoms with Gasteiger partial charge in [-0.3, -0.25) is 14.5 Å². The maximum Gasteiger partial charge on any atom is 0.258 e. The number of hydrogen-bond donors (Lipinski definition) is 1. The highest BCUT2D eigenvalue weighted by atomic mass is 16.2. The fourth-order valence-corrected chi connectivity index (χ4v) is 2.58. The average molecular weight is 294 g/mol. The number of carbonyl (C=O) groups excluding carboxylic acids is 2. The van der Waals surface area contributed by atoms with E-state index >= 15 is 0 Å². The van der Waals surface area contributed by atoms with Crippen molar-refractivity contribution in [2.24, 2.45) is 0 Å². The van der Waals surface area contributed by atoms with Crippen LogP contribution in [-0.4, -0.2) is 18.4 Å². The van der Waals surface area contributed by atoms with Crippen LogP contribution in [0.15, 0.2) is 48.5 Å². The highest BCUT2D eigenvalue weighted by molar-refractivity contribution is 6.15. The summed E-state index contributed by atoms with van der Waals surface area (Å²) in [5.74, 6) is 0.0918. The zero-order valence-electron chi connectivity index (χ0n) is 12.7. The molecule has 1 aliphatic rings. The molecule has 0 radical (unpaired) electrons. The number of amides is 2. The van der Waals surface area contributed by atoms with Crippen molar-refractivity contribution in [3.8, 4) is 0 Å². The smallest absolute Gasteiger partial charge is 0.258 e. The summed E-state index contributed by atoms with van der Waals surface area (Å²) in [5, 5.41) is 2.79. The van der Waals surface area contributed by atoms with Gasteiger partial charge in [0, 0.05) is 5.56 Å².